The van der Waals surface area contributed by atoms with Crippen molar-refractivity contribution in [2.75, 3.05) is 20.3 Å². The zero-order valence-corrected chi connectivity index (χ0v) is 12.2. The highest BCUT2D eigenvalue weighted by atomic mass is 16.5. The fourth-order valence-electron chi connectivity index (χ4n) is 3.13. The van der Waals surface area contributed by atoms with Crippen LogP contribution in [0.2, 0.25) is 0 Å². The number of rotatable bonds is 7. The highest BCUT2D eigenvalue weighted by molar-refractivity contribution is 5.27. The van der Waals surface area contributed by atoms with Gasteiger partial charge in [0.15, 0.2) is 0 Å². The Hall–Kier alpha value is -0.930. The molecule has 2 unspecified atom stereocenters. The lowest BCUT2D eigenvalue weighted by Crippen LogP contribution is -2.34. The predicted octanol–water partition coefficient (Wildman–Crippen LogP) is 2.91. The summed E-state index contributed by atoms with van der Waals surface area (Å²) in [5.41, 5.74) is 2.77. The number of aryl methyl sites for hydroxylation is 1. The normalized spacial score (nSPS) is 20.0. The van der Waals surface area contributed by atoms with Crippen LogP contribution < -0.4 is 5.32 Å². The van der Waals surface area contributed by atoms with E-state index in [0.29, 0.717) is 12.0 Å². The lowest BCUT2D eigenvalue weighted by molar-refractivity contribution is 0.139. The van der Waals surface area contributed by atoms with Crippen molar-refractivity contribution in [1.29, 1.82) is 0 Å². The molecule has 1 aliphatic carbocycles. The van der Waals surface area contributed by atoms with Crippen LogP contribution in [0.5, 0.6) is 0 Å². The quantitative estimate of drug-likeness (QED) is 0.767. The number of nitrogens with zero attached hydrogens (tertiary/aromatic N) is 1. The third-order valence-electron chi connectivity index (χ3n) is 4.10. The van der Waals surface area contributed by atoms with E-state index in [0.717, 1.165) is 26.1 Å². The van der Waals surface area contributed by atoms with Gasteiger partial charge in [0.25, 0.3) is 0 Å². The molecule has 1 aliphatic rings. The van der Waals surface area contributed by atoms with Gasteiger partial charge >= 0.3 is 0 Å². The summed E-state index contributed by atoms with van der Waals surface area (Å²) in [5.74, 6) is 0.566. The molecule has 0 spiro atoms. The maximum atomic E-state index is 5.44. The van der Waals surface area contributed by atoms with Crippen LogP contribution in [0, 0.1) is 0 Å². The highest BCUT2D eigenvalue weighted by Crippen LogP contribution is 2.33. The minimum Gasteiger partial charge on any atom is -0.382 e. The van der Waals surface area contributed by atoms with Crippen LogP contribution in [0.15, 0.2) is 18.3 Å². The molecule has 0 amide bonds. The molecule has 1 aromatic heterocycles. The molecule has 0 saturated carbocycles. The van der Waals surface area contributed by atoms with Crippen molar-refractivity contribution < 1.29 is 4.74 Å². The van der Waals surface area contributed by atoms with Crippen molar-refractivity contribution in [1.82, 2.24) is 10.3 Å². The number of pyridine rings is 1. The minimum atomic E-state index is 0.523. The number of ether oxygens (including phenoxy) is 1. The van der Waals surface area contributed by atoms with Crippen molar-refractivity contribution in [3.8, 4) is 0 Å². The van der Waals surface area contributed by atoms with E-state index in [9.17, 15) is 0 Å². The van der Waals surface area contributed by atoms with Crippen molar-refractivity contribution >= 4 is 0 Å². The predicted molar refractivity (Wildman–Crippen MR) is 78.5 cm³/mol. The second-order valence-electron chi connectivity index (χ2n) is 5.28. The van der Waals surface area contributed by atoms with E-state index >= 15 is 0 Å². The van der Waals surface area contributed by atoms with Crippen LogP contribution >= 0.6 is 0 Å². The molecule has 0 bridgehead atoms. The van der Waals surface area contributed by atoms with E-state index in [1.807, 2.05) is 6.20 Å². The number of fused-ring (bicyclic) bond motifs is 1. The number of likely N-dealkylation sites (N-methyl/N-ethyl adjacent to an activating group) is 1. The van der Waals surface area contributed by atoms with Crippen molar-refractivity contribution in [2.45, 2.75) is 51.0 Å². The molecule has 0 aromatic carbocycles. The third-order valence-corrected chi connectivity index (χ3v) is 4.10. The largest absolute Gasteiger partial charge is 0.382 e. The maximum absolute atomic E-state index is 5.44. The van der Waals surface area contributed by atoms with Gasteiger partial charge in [-0.25, -0.2) is 0 Å². The summed E-state index contributed by atoms with van der Waals surface area (Å²) < 4.78 is 5.44. The topological polar surface area (TPSA) is 34.1 Å². The molecule has 2 rings (SSSR count). The third kappa shape index (κ3) is 3.77. The SMILES string of the molecule is CCOCCCC(NC)C1CCCc2cccnc21. The summed E-state index contributed by atoms with van der Waals surface area (Å²) in [4.78, 5) is 4.64. The van der Waals surface area contributed by atoms with Crippen LogP contribution in [0.1, 0.15) is 49.8 Å². The number of aromatic nitrogens is 1. The molecule has 2 atom stereocenters. The molecule has 1 N–H and O–H groups in total. The summed E-state index contributed by atoms with van der Waals surface area (Å²) in [7, 11) is 2.07. The van der Waals surface area contributed by atoms with Gasteiger partial charge in [-0.15, -0.1) is 0 Å². The van der Waals surface area contributed by atoms with E-state index in [-0.39, 0.29) is 0 Å². The molecule has 0 saturated heterocycles. The summed E-state index contributed by atoms with van der Waals surface area (Å²) in [6, 6.07) is 4.82. The Morgan fingerprint density at radius 1 is 1.53 bits per heavy atom. The van der Waals surface area contributed by atoms with E-state index in [1.54, 1.807) is 0 Å². The smallest absolute Gasteiger partial charge is 0.0481 e. The van der Waals surface area contributed by atoms with Crippen LogP contribution in [0.3, 0.4) is 0 Å². The standard InChI is InChI=1S/C16H26N2O/c1-3-19-12-6-10-15(17-2)14-9-4-7-13-8-5-11-18-16(13)14/h5,8,11,14-15,17H,3-4,6-7,9-10,12H2,1-2H3. The summed E-state index contributed by atoms with van der Waals surface area (Å²) in [6.45, 7) is 3.74. The highest BCUT2D eigenvalue weighted by Gasteiger charge is 2.27. The molecular formula is C16H26N2O. The van der Waals surface area contributed by atoms with Crippen molar-refractivity contribution in [3.63, 3.8) is 0 Å². The van der Waals surface area contributed by atoms with Gasteiger partial charge in [-0.05, 0) is 57.7 Å². The van der Waals surface area contributed by atoms with E-state index < -0.39 is 0 Å². The monoisotopic (exact) mass is 262 g/mol. The molecule has 3 heteroatoms. The van der Waals surface area contributed by atoms with E-state index in [2.05, 4.69) is 36.4 Å². The van der Waals surface area contributed by atoms with Gasteiger partial charge in [0.05, 0.1) is 0 Å². The molecule has 3 nitrogen and oxygen atoms in total. The molecule has 1 heterocycles. The maximum Gasteiger partial charge on any atom is 0.0481 e. The van der Waals surface area contributed by atoms with Gasteiger partial charge in [0.1, 0.15) is 0 Å². The number of nitrogens with one attached hydrogen (secondary N) is 1. The minimum absolute atomic E-state index is 0.523. The molecular weight excluding hydrogens is 236 g/mol. The number of hydrogen-bond acceptors (Lipinski definition) is 3. The van der Waals surface area contributed by atoms with Crippen LogP contribution in [-0.2, 0) is 11.2 Å². The van der Waals surface area contributed by atoms with Crippen LogP contribution in [0.4, 0.5) is 0 Å². The molecule has 0 fully saturated rings. The Morgan fingerprint density at radius 2 is 2.42 bits per heavy atom. The Labute approximate surface area is 116 Å². The summed E-state index contributed by atoms with van der Waals surface area (Å²) >= 11 is 0. The van der Waals surface area contributed by atoms with Gasteiger partial charge in [0.2, 0.25) is 0 Å². The first-order valence-electron chi connectivity index (χ1n) is 7.55. The number of hydrogen-bond donors (Lipinski definition) is 1. The fourth-order valence-corrected chi connectivity index (χ4v) is 3.13. The molecule has 0 aliphatic heterocycles. The van der Waals surface area contributed by atoms with Crippen LogP contribution in [0.25, 0.3) is 0 Å². The Balaban J connectivity index is 1.99. The van der Waals surface area contributed by atoms with Gasteiger partial charge in [0, 0.05) is 37.1 Å². The fraction of sp³-hybridized carbons (Fsp3) is 0.688. The van der Waals surface area contributed by atoms with Gasteiger partial charge in [-0.2, -0.15) is 0 Å². The first kappa shape index (κ1) is 14.5. The first-order valence-corrected chi connectivity index (χ1v) is 7.55. The lowest BCUT2D eigenvalue weighted by Gasteiger charge is -2.31. The average molecular weight is 262 g/mol. The second-order valence-corrected chi connectivity index (χ2v) is 5.28. The van der Waals surface area contributed by atoms with Crippen LogP contribution in [-0.4, -0.2) is 31.3 Å². The molecule has 19 heavy (non-hydrogen) atoms. The first-order chi connectivity index (χ1) is 9.36. The lowest BCUT2D eigenvalue weighted by atomic mass is 9.80. The molecule has 0 radical (unpaired) electrons. The average Bonchev–Trinajstić information content (AvgIpc) is 2.47. The Bertz CT molecular complexity index is 381. The van der Waals surface area contributed by atoms with Gasteiger partial charge in [-0.3, -0.25) is 4.98 Å². The summed E-state index contributed by atoms with van der Waals surface area (Å²) in [5, 5.41) is 3.49. The summed E-state index contributed by atoms with van der Waals surface area (Å²) in [6.07, 6.45) is 7.95. The van der Waals surface area contributed by atoms with E-state index in [1.165, 1.54) is 30.5 Å². The molecule has 106 valence electrons. The van der Waals surface area contributed by atoms with Gasteiger partial charge < -0.3 is 10.1 Å². The van der Waals surface area contributed by atoms with E-state index in [4.69, 9.17) is 4.74 Å². The zero-order valence-electron chi connectivity index (χ0n) is 12.2. The van der Waals surface area contributed by atoms with Crippen molar-refractivity contribution in [2.24, 2.45) is 0 Å². The Morgan fingerprint density at radius 3 is 3.21 bits per heavy atom. The molecule has 1 aromatic rings. The second kappa shape index (κ2) is 7.61. The zero-order chi connectivity index (χ0) is 13.5. The van der Waals surface area contributed by atoms with Gasteiger partial charge in [-0.1, -0.05) is 6.07 Å². The Kier molecular flexibility index (Phi) is 5.80. The van der Waals surface area contributed by atoms with Crippen molar-refractivity contribution in [3.05, 3.63) is 29.6 Å².